The third-order valence-corrected chi connectivity index (χ3v) is 5.96. The highest BCUT2D eigenvalue weighted by Gasteiger charge is 2.30. The van der Waals surface area contributed by atoms with Crippen molar-refractivity contribution in [1.29, 1.82) is 0 Å². The number of carbonyl (C=O) groups excluding carboxylic acids is 2. The van der Waals surface area contributed by atoms with Crippen LogP contribution in [0.1, 0.15) is 41.6 Å². The molecule has 0 N–H and O–H groups in total. The summed E-state index contributed by atoms with van der Waals surface area (Å²) in [5, 5.41) is 0. The topological polar surface area (TPSA) is 49.9 Å². The number of hydrogen-bond donors (Lipinski definition) is 0. The van der Waals surface area contributed by atoms with Gasteiger partial charge in [-0.2, -0.15) is 11.8 Å². The van der Waals surface area contributed by atoms with Crippen LogP contribution in [-0.4, -0.2) is 59.5 Å². The molecule has 1 aliphatic carbocycles. The van der Waals surface area contributed by atoms with Gasteiger partial charge in [-0.3, -0.25) is 0 Å². The molecule has 1 saturated carbocycles. The molecule has 0 radical (unpaired) electrons. The summed E-state index contributed by atoms with van der Waals surface area (Å²) in [5.41, 5.74) is 1.59. The second kappa shape index (κ2) is 8.61. The van der Waals surface area contributed by atoms with Gasteiger partial charge < -0.3 is 14.5 Å². The molecule has 0 unspecified atom stereocenters. The first kappa shape index (κ1) is 18.1. The molecule has 2 fully saturated rings. The Morgan fingerprint density at radius 3 is 2.40 bits per heavy atom. The summed E-state index contributed by atoms with van der Waals surface area (Å²) in [4.78, 5) is 28.7. The minimum Gasteiger partial charge on any atom is -0.465 e. The predicted molar refractivity (Wildman–Crippen MR) is 99.9 cm³/mol. The van der Waals surface area contributed by atoms with Gasteiger partial charge in [-0.15, -0.1) is 0 Å². The number of rotatable bonds is 4. The van der Waals surface area contributed by atoms with E-state index in [1.807, 2.05) is 28.8 Å². The van der Waals surface area contributed by atoms with Crippen molar-refractivity contribution in [2.75, 3.05) is 31.7 Å². The van der Waals surface area contributed by atoms with E-state index in [4.69, 9.17) is 4.74 Å². The van der Waals surface area contributed by atoms with E-state index in [9.17, 15) is 9.59 Å². The van der Waals surface area contributed by atoms with Gasteiger partial charge in [0.1, 0.15) is 0 Å². The highest BCUT2D eigenvalue weighted by molar-refractivity contribution is 7.99. The number of carbonyl (C=O) groups is 2. The fraction of sp³-hybridized carbons (Fsp3) is 0.579. The molecule has 25 heavy (non-hydrogen) atoms. The van der Waals surface area contributed by atoms with E-state index in [2.05, 4.69) is 4.90 Å². The summed E-state index contributed by atoms with van der Waals surface area (Å²) in [6.07, 6.45) is 4.58. The molecule has 1 aliphatic heterocycles. The molecule has 1 heterocycles. The van der Waals surface area contributed by atoms with Gasteiger partial charge in [-0.25, -0.2) is 9.59 Å². The molecule has 0 spiro atoms. The molecule has 5 nitrogen and oxygen atoms in total. The maximum absolute atomic E-state index is 13.1. The van der Waals surface area contributed by atoms with Crippen LogP contribution in [0.4, 0.5) is 4.79 Å². The van der Waals surface area contributed by atoms with E-state index in [1.54, 1.807) is 12.1 Å². The Morgan fingerprint density at radius 2 is 1.80 bits per heavy atom. The first-order valence-corrected chi connectivity index (χ1v) is 10.1. The summed E-state index contributed by atoms with van der Waals surface area (Å²) in [6, 6.07) is 7.90. The lowest BCUT2D eigenvalue weighted by Gasteiger charge is -2.36. The van der Waals surface area contributed by atoms with Crippen LogP contribution < -0.4 is 0 Å². The summed E-state index contributed by atoms with van der Waals surface area (Å²) < 4.78 is 4.74. The fourth-order valence-corrected chi connectivity index (χ4v) is 4.47. The second-order valence-electron chi connectivity index (χ2n) is 6.64. The van der Waals surface area contributed by atoms with E-state index in [0.29, 0.717) is 18.2 Å². The molecular weight excluding hydrogens is 336 g/mol. The van der Waals surface area contributed by atoms with Crippen LogP contribution in [-0.2, 0) is 11.3 Å². The summed E-state index contributed by atoms with van der Waals surface area (Å²) in [5.74, 6) is 1.72. The summed E-state index contributed by atoms with van der Waals surface area (Å²) >= 11 is 1.91. The van der Waals surface area contributed by atoms with Gasteiger partial charge in [0.05, 0.1) is 12.7 Å². The SMILES string of the molecule is COC(=O)c1ccc(CN(C(=O)N2CCSCC2)C2CCCC2)cc1. The van der Waals surface area contributed by atoms with E-state index in [1.165, 1.54) is 20.0 Å². The molecule has 0 atom stereocenters. The maximum atomic E-state index is 13.1. The first-order valence-electron chi connectivity index (χ1n) is 8.99. The molecular formula is C19H26N2O3S. The zero-order chi connectivity index (χ0) is 17.6. The van der Waals surface area contributed by atoms with E-state index in [-0.39, 0.29) is 12.0 Å². The number of amides is 2. The van der Waals surface area contributed by atoms with Crippen molar-refractivity contribution in [2.24, 2.45) is 0 Å². The van der Waals surface area contributed by atoms with Crippen molar-refractivity contribution >= 4 is 23.8 Å². The molecule has 1 saturated heterocycles. The lowest BCUT2D eigenvalue weighted by atomic mass is 10.1. The molecule has 0 aromatic heterocycles. The van der Waals surface area contributed by atoms with Gasteiger partial charge in [0.25, 0.3) is 0 Å². The van der Waals surface area contributed by atoms with Gasteiger partial charge >= 0.3 is 12.0 Å². The van der Waals surface area contributed by atoms with E-state index in [0.717, 1.165) is 43.0 Å². The van der Waals surface area contributed by atoms with Gasteiger partial charge in [-0.1, -0.05) is 25.0 Å². The van der Waals surface area contributed by atoms with Gasteiger partial charge in [0, 0.05) is 37.2 Å². The lowest BCUT2D eigenvalue weighted by molar-refractivity contribution is 0.0600. The average molecular weight is 362 g/mol. The maximum Gasteiger partial charge on any atom is 0.337 e. The number of urea groups is 1. The quantitative estimate of drug-likeness (QED) is 0.771. The number of nitrogens with zero attached hydrogens (tertiary/aromatic N) is 2. The number of esters is 1. The van der Waals surface area contributed by atoms with Crippen molar-refractivity contribution in [1.82, 2.24) is 9.80 Å². The number of ether oxygens (including phenoxy) is 1. The van der Waals surface area contributed by atoms with Crippen LogP contribution in [0.15, 0.2) is 24.3 Å². The highest BCUT2D eigenvalue weighted by atomic mass is 32.2. The molecule has 6 heteroatoms. The highest BCUT2D eigenvalue weighted by Crippen LogP contribution is 2.27. The summed E-state index contributed by atoms with van der Waals surface area (Å²) in [6.45, 7) is 2.29. The first-order chi connectivity index (χ1) is 12.2. The zero-order valence-corrected chi connectivity index (χ0v) is 15.6. The lowest BCUT2D eigenvalue weighted by Crippen LogP contribution is -2.49. The van der Waals surface area contributed by atoms with Crippen molar-refractivity contribution in [3.63, 3.8) is 0 Å². The molecule has 3 rings (SSSR count). The van der Waals surface area contributed by atoms with Crippen LogP contribution in [0.5, 0.6) is 0 Å². The fourth-order valence-electron chi connectivity index (χ4n) is 3.57. The van der Waals surface area contributed by atoms with Crippen molar-refractivity contribution in [2.45, 2.75) is 38.3 Å². The Kier molecular flexibility index (Phi) is 6.24. The van der Waals surface area contributed by atoms with Gasteiger partial charge in [-0.05, 0) is 30.5 Å². The third-order valence-electron chi connectivity index (χ3n) is 5.02. The van der Waals surface area contributed by atoms with Gasteiger partial charge in [0.15, 0.2) is 0 Å². The van der Waals surface area contributed by atoms with Crippen LogP contribution in [0, 0.1) is 0 Å². The standard InChI is InChI=1S/C19H26N2O3S/c1-24-18(22)16-8-6-15(7-9-16)14-21(17-4-2-3-5-17)19(23)20-10-12-25-13-11-20/h6-9,17H,2-5,10-14H2,1H3. The predicted octanol–water partition coefficient (Wildman–Crippen LogP) is 3.39. The Balaban J connectivity index is 1.72. The van der Waals surface area contributed by atoms with Crippen LogP contribution in [0.25, 0.3) is 0 Å². The number of methoxy groups -OCH3 is 1. The van der Waals surface area contributed by atoms with E-state index < -0.39 is 0 Å². The van der Waals surface area contributed by atoms with E-state index >= 15 is 0 Å². The normalized spacial score (nSPS) is 18.2. The van der Waals surface area contributed by atoms with Crippen LogP contribution >= 0.6 is 11.8 Å². The monoisotopic (exact) mass is 362 g/mol. The number of benzene rings is 1. The Bertz CT molecular complexity index is 593. The molecule has 1 aromatic rings. The van der Waals surface area contributed by atoms with Gasteiger partial charge in [0.2, 0.25) is 0 Å². The molecule has 1 aromatic carbocycles. The molecule has 2 aliphatic rings. The Hall–Kier alpha value is -1.69. The van der Waals surface area contributed by atoms with Crippen molar-refractivity contribution in [3.8, 4) is 0 Å². The molecule has 0 bridgehead atoms. The Labute approximate surface area is 153 Å². The van der Waals surface area contributed by atoms with Crippen LogP contribution in [0.2, 0.25) is 0 Å². The largest absolute Gasteiger partial charge is 0.465 e. The minimum atomic E-state index is -0.332. The molecule has 2 amide bonds. The molecule has 136 valence electrons. The zero-order valence-electron chi connectivity index (χ0n) is 14.8. The number of hydrogen-bond acceptors (Lipinski definition) is 4. The second-order valence-corrected chi connectivity index (χ2v) is 7.86. The number of thioether (sulfide) groups is 1. The van der Waals surface area contributed by atoms with Crippen molar-refractivity contribution < 1.29 is 14.3 Å². The smallest absolute Gasteiger partial charge is 0.337 e. The minimum absolute atomic E-state index is 0.171. The van der Waals surface area contributed by atoms with Crippen molar-refractivity contribution in [3.05, 3.63) is 35.4 Å². The Morgan fingerprint density at radius 1 is 1.16 bits per heavy atom. The third kappa shape index (κ3) is 4.48. The average Bonchev–Trinajstić information content (AvgIpc) is 3.20. The summed E-state index contributed by atoms with van der Waals surface area (Å²) in [7, 11) is 1.38. The van der Waals surface area contributed by atoms with Crippen LogP contribution in [0.3, 0.4) is 0 Å².